The molecular weight excluding hydrogens is 414 g/mol. The van der Waals surface area contributed by atoms with Crippen molar-refractivity contribution in [2.75, 3.05) is 7.11 Å². The smallest absolute Gasteiger partial charge is 0.265 e. The summed E-state index contributed by atoms with van der Waals surface area (Å²) < 4.78 is 9.09. The number of fused-ring (bicyclic) bond motifs is 4. The molecule has 0 atom stereocenters. The van der Waals surface area contributed by atoms with Gasteiger partial charge in [-0.1, -0.05) is 44.0 Å². The van der Waals surface area contributed by atoms with Crippen LogP contribution in [0.15, 0.2) is 53.3 Å². The second-order valence-electron chi connectivity index (χ2n) is 8.34. The van der Waals surface area contributed by atoms with Crippen molar-refractivity contribution in [2.24, 2.45) is 0 Å². The Morgan fingerprint density at radius 3 is 2.30 bits per heavy atom. The van der Waals surface area contributed by atoms with Gasteiger partial charge in [0.1, 0.15) is 22.5 Å². The van der Waals surface area contributed by atoms with E-state index in [9.17, 15) is 4.79 Å². The Morgan fingerprint density at radius 2 is 1.61 bits per heavy atom. The van der Waals surface area contributed by atoms with E-state index >= 15 is 0 Å². The standard InChI is InChI=1S/C26H27N5O2/c1-4-5-8-15-30-17(2)27-24-22(26(30)32)23-25(29-21-10-7-6-9-20(21)28-23)31(24)16-18-11-13-19(33-3)14-12-18/h6-7,9-14H,4-5,8,15-16H2,1-3H3. The summed E-state index contributed by atoms with van der Waals surface area (Å²) in [7, 11) is 1.65. The first-order valence-corrected chi connectivity index (χ1v) is 11.4. The van der Waals surface area contributed by atoms with Crippen LogP contribution in [0, 0.1) is 6.92 Å². The third-order valence-corrected chi connectivity index (χ3v) is 6.13. The Labute approximate surface area is 191 Å². The Hall–Kier alpha value is -3.74. The first-order chi connectivity index (χ1) is 16.1. The van der Waals surface area contributed by atoms with Crippen molar-refractivity contribution >= 4 is 33.2 Å². The lowest BCUT2D eigenvalue weighted by Gasteiger charge is -2.11. The van der Waals surface area contributed by atoms with Crippen LogP contribution in [0.25, 0.3) is 33.2 Å². The van der Waals surface area contributed by atoms with Gasteiger partial charge in [-0.3, -0.25) is 9.36 Å². The highest BCUT2D eigenvalue weighted by molar-refractivity contribution is 6.04. The van der Waals surface area contributed by atoms with E-state index in [1.54, 1.807) is 11.7 Å². The zero-order chi connectivity index (χ0) is 22.9. The van der Waals surface area contributed by atoms with Crippen LogP contribution in [0.4, 0.5) is 0 Å². The molecule has 7 heteroatoms. The van der Waals surface area contributed by atoms with Crippen LogP contribution in [-0.4, -0.2) is 31.2 Å². The molecule has 3 heterocycles. The van der Waals surface area contributed by atoms with Crippen molar-refractivity contribution in [1.82, 2.24) is 24.1 Å². The highest BCUT2D eigenvalue weighted by Crippen LogP contribution is 2.27. The van der Waals surface area contributed by atoms with Crippen molar-refractivity contribution in [1.29, 1.82) is 0 Å². The van der Waals surface area contributed by atoms with Gasteiger partial charge in [0.15, 0.2) is 11.3 Å². The van der Waals surface area contributed by atoms with E-state index in [1.165, 1.54) is 0 Å². The van der Waals surface area contributed by atoms with Crippen molar-refractivity contribution < 1.29 is 4.74 Å². The first-order valence-electron chi connectivity index (χ1n) is 11.4. The number of aryl methyl sites for hydroxylation is 1. The van der Waals surface area contributed by atoms with Crippen LogP contribution in [0.2, 0.25) is 0 Å². The van der Waals surface area contributed by atoms with Crippen molar-refractivity contribution in [2.45, 2.75) is 46.2 Å². The number of hydrogen-bond acceptors (Lipinski definition) is 5. The molecule has 0 N–H and O–H groups in total. The Morgan fingerprint density at radius 1 is 0.879 bits per heavy atom. The van der Waals surface area contributed by atoms with Crippen molar-refractivity contribution in [3.8, 4) is 5.75 Å². The average Bonchev–Trinajstić information content (AvgIpc) is 3.12. The predicted octanol–water partition coefficient (Wildman–Crippen LogP) is 4.85. The molecule has 5 rings (SSSR count). The molecule has 0 unspecified atom stereocenters. The number of ether oxygens (including phenoxy) is 1. The molecule has 0 fully saturated rings. The number of methoxy groups -OCH3 is 1. The van der Waals surface area contributed by atoms with Gasteiger partial charge in [0.2, 0.25) is 0 Å². The molecule has 0 amide bonds. The van der Waals surface area contributed by atoms with Gasteiger partial charge in [0.05, 0.1) is 24.7 Å². The second-order valence-corrected chi connectivity index (χ2v) is 8.34. The predicted molar refractivity (Wildman–Crippen MR) is 131 cm³/mol. The molecule has 0 bridgehead atoms. The molecule has 33 heavy (non-hydrogen) atoms. The van der Waals surface area contributed by atoms with Gasteiger partial charge in [0.25, 0.3) is 5.56 Å². The molecule has 0 aliphatic carbocycles. The summed E-state index contributed by atoms with van der Waals surface area (Å²) in [4.78, 5) is 28.3. The molecule has 3 aromatic heterocycles. The topological polar surface area (TPSA) is 74.8 Å². The minimum Gasteiger partial charge on any atom is -0.497 e. The minimum atomic E-state index is -0.0448. The number of unbranched alkanes of at least 4 members (excludes halogenated alkanes) is 2. The maximum absolute atomic E-state index is 13.7. The van der Waals surface area contributed by atoms with E-state index in [2.05, 4.69) is 6.92 Å². The quantitative estimate of drug-likeness (QED) is 0.338. The van der Waals surface area contributed by atoms with Crippen LogP contribution >= 0.6 is 0 Å². The second kappa shape index (κ2) is 8.65. The molecule has 168 valence electrons. The van der Waals surface area contributed by atoms with E-state index in [4.69, 9.17) is 19.7 Å². The molecule has 7 nitrogen and oxygen atoms in total. The van der Waals surface area contributed by atoms with Gasteiger partial charge in [-0.25, -0.2) is 15.0 Å². The Bertz CT molecular complexity index is 1520. The molecule has 0 spiro atoms. The van der Waals surface area contributed by atoms with Crippen LogP contribution in [-0.2, 0) is 13.1 Å². The molecule has 2 aromatic carbocycles. The van der Waals surface area contributed by atoms with Crippen LogP contribution in [0.5, 0.6) is 5.75 Å². The summed E-state index contributed by atoms with van der Waals surface area (Å²) >= 11 is 0. The van der Waals surface area contributed by atoms with Crippen LogP contribution in [0.3, 0.4) is 0 Å². The fourth-order valence-corrected chi connectivity index (χ4v) is 4.34. The van der Waals surface area contributed by atoms with E-state index in [-0.39, 0.29) is 5.56 Å². The van der Waals surface area contributed by atoms with Crippen LogP contribution < -0.4 is 10.3 Å². The maximum atomic E-state index is 13.7. The number of hydrogen-bond donors (Lipinski definition) is 0. The largest absolute Gasteiger partial charge is 0.497 e. The summed E-state index contributed by atoms with van der Waals surface area (Å²) in [5.74, 6) is 1.52. The molecule has 5 aromatic rings. The summed E-state index contributed by atoms with van der Waals surface area (Å²) in [6.07, 6.45) is 3.12. The van der Waals surface area contributed by atoms with E-state index in [0.29, 0.717) is 41.1 Å². The van der Waals surface area contributed by atoms with Gasteiger partial charge in [-0.05, 0) is 43.2 Å². The molecule has 0 radical (unpaired) electrons. The van der Waals surface area contributed by atoms with Crippen LogP contribution in [0.1, 0.15) is 37.6 Å². The first kappa shape index (κ1) is 21.1. The monoisotopic (exact) mass is 441 g/mol. The van der Waals surface area contributed by atoms with Gasteiger partial charge in [-0.2, -0.15) is 0 Å². The van der Waals surface area contributed by atoms with Crippen molar-refractivity contribution in [3.63, 3.8) is 0 Å². The normalized spacial score (nSPS) is 11.6. The number of benzene rings is 2. The summed E-state index contributed by atoms with van der Waals surface area (Å²) in [5, 5.41) is 0.541. The fourth-order valence-electron chi connectivity index (χ4n) is 4.34. The van der Waals surface area contributed by atoms with E-state index < -0.39 is 0 Å². The molecular formula is C26H27N5O2. The third kappa shape index (κ3) is 3.73. The number of nitrogens with zero attached hydrogens (tertiary/aromatic N) is 5. The van der Waals surface area contributed by atoms with E-state index in [1.807, 2.05) is 60.0 Å². The summed E-state index contributed by atoms with van der Waals surface area (Å²) in [6, 6.07) is 15.7. The maximum Gasteiger partial charge on any atom is 0.265 e. The number of aromatic nitrogens is 5. The highest BCUT2D eigenvalue weighted by Gasteiger charge is 2.21. The minimum absolute atomic E-state index is 0.0448. The third-order valence-electron chi connectivity index (χ3n) is 6.13. The number of rotatable bonds is 7. The lowest BCUT2D eigenvalue weighted by Crippen LogP contribution is -2.24. The Balaban J connectivity index is 1.77. The van der Waals surface area contributed by atoms with Crippen molar-refractivity contribution in [3.05, 3.63) is 70.3 Å². The van der Waals surface area contributed by atoms with Gasteiger partial charge in [-0.15, -0.1) is 0 Å². The fraction of sp³-hybridized carbons (Fsp3) is 0.308. The van der Waals surface area contributed by atoms with Gasteiger partial charge in [0, 0.05) is 6.54 Å². The molecule has 0 saturated heterocycles. The lowest BCUT2D eigenvalue weighted by molar-refractivity contribution is 0.414. The lowest BCUT2D eigenvalue weighted by atomic mass is 10.2. The average molecular weight is 442 g/mol. The molecule has 0 saturated carbocycles. The summed E-state index contributed by atoms with van der Waals surface area (Å²) in [6.45, 7) is 5.25. The highest BCUT2D eigenvalue weighted by atomic mass is 16.5. The molecule has 0 aliphatic heterocycles. The van der Waals surface area contributed by atoms with Gasteiger partial charge >= 0.3 is 0 Å². The zero-order valence-electron chi connectivity index (χ0n) is 19.2. The Kier molecular flexibility index (Phi) is 5.54. The SMILES string of the molecule is CCCCCn1c(C)nc2c(c1=O)c1nc3ccccc3nc1n2Cc1ccc(OC)cc1. The summed E-state index contributed by atoms with van der Waals surface area (Å²) in [5.41, 5.74) is 4.50. The molecule has 0 aliphatic rings. The van der Waals surface area contributed by atoms with E-state index in [0.717, 1.165) is 41.6 Å². The zero-order valence-corrected chi connectivity index (χ0v) is 19.2. The number of para-hydroxylation sites is 2. The van der Waals surface area contributed by atoms with Gasteiger partial charge < -0.3 is 9.30 Å².